The van der Waals surface area contributed by atoms with Gasteiger partial charge in [-0.25, -0.2) is 0 Å². The number of nitrogens with two attached hydrogens (primary N) is 1. The van der Waals surface area contributed by atoms with Crippen molar-refractivity contribution in [3.63, 3.8) is 0 Å². The molecule has 2 aliphatic rings. The Bertz CT molecular complexity index is 552. The lowest BCUT2D eigenvalue weighted by molar-refractivity contribution is 0.218. The van der Waals surface area contributed by atoms with Crippen LogP contribution < -0.4 is 15.8 Å². The minimum Gasteiger partial charge on any atom is -0.493 e. The molecule has 0 spiro atoms. The third kappa shape index (κ3) is 4.16. The van der Waals surface area contributed by atoms with E-state index in [0.717, 1.165) is 31.3 Å². The summed E-state index contributed by atoms with van der Waals surface area (Å²) in [5.41, 5.74) is 7.26. The summed E-state index contributed by atoms with van der Waals surface area (Å²) in [6, 6.07) is 9.66. The highest BCUT2D eigenvalue weighted by atomic mass is 16.5. The maximum absolute atomic E-state index is 6.10. The first kappa shape index (κ1) is 16.1. The molecule has 1 aromatic rings. The number of benzene rings is 1. The normalized spacial score (nSPS) is 21.2. The van der Waals surface area contributed by atoms with Crippen LogP contribution in [-0.2, 0) is 0 Å². The van der Waals surface area contributed by atoms with Crippen LogP contribution in [0.5, 0.6) is 5.75 Å². The molecule has 1 aliphatic heterocycles. The lowest BCUT2D eigenvalue weighted by atomic mass is 10.0. The summed E-state index contributed by atoms with van der Waals surface area (Å²) < 4.78 is 5.68. The van der Waals surface area contributed by atoms with Gasteiger partial charge in [0.05, 0.1) is 19.2 Å². The van der Waals surface area contributed by atoms with E-state index in [1.165, 1.54) is 18.4 Å². The first-order valence-corrected chi connectivity index (χ1v) is 8.69. The Kier molecular flexibility index (Phi) is 5.06. The molecule has 5 heteroatoms. The Hall–Kier alpha value is -1.75. The predicted molar refractivity (Wildman–Crippen MR) is 93.8 cm³/mol. The van der Waals surface area contributed by atoms with Crippen molar-refractivity contribution in [1.82, 2.24) is 10.2 Å². The second-order valence-corrected chi connectivity index (χ2v) is 6.70. The van der Waals surface area contributed by atoms with E-state index in [-0.39, 0.29) is 6.04 Å². The molecule has 1 unspecified atom stereocenters. The Balaban J connectivity index is 1.54. The van der Waals surface area contributed by atoms with Crippen molar-refractivity contribution in [1.29, 1.82) is 0 Å². The van der Waals surface area contributed by atoms with Gasteiger partial charge in [-0.2, -0.15) is 0 Å². The molecule has 0 bridgehead atoms. The monoisotopic (exact) mass is 316 g/mol. The fourth-order valence-corrected chi connectivity index (χ4v) is 3.27. The van der Waals surface area contributed by atoms with Crippen molar-refractivity contribution < 1.29 is 4.74 Å². The smallest absolute Gasteiger partial charge is 0.189 e. The zero-order valence-electron chi connectivity index (χ0n) is 14.2. The molecule has 23 heavy (non-hydrogen) atoms. The Labute approximate surface area is 138 Å². The number of aliphatic imine (C=N–C) groups is 1. The van der Waals surface area contributed by atoms with E-state index in [1.54, 1.807) is 0 Å². The molecule has 1 heterocycles. The molecule has 126 valence electrons. The van der Waals surface area contributed by atoms with Gasteiger partial charge in [0.25, 0.3) is 0 Å². The van der Waals surface area contributed by atoms with E-state index in [4.69, 9.17) is 10.5 Å². The van der Waals surface area contributed by atoms with Crippen molar-refractivity contribution in [2.75, 3.05) is 19.7 Å². The second kappa shape index (κ2) is 7.21. The highest BCUT2D eigenvalue weighted by Crippen LogP contribution is 2.31. The van der Waals surface area contributed by atoms with Gasteiger partial charge in [0.15, 0.2) is 5.96 Å². The molecule has 1 saturated carbocycles. The average Bonchev–Trinajstić information content (AvgIpc) is 3.36. The minimum absolute atomic E-state index is 0.188. The van der Waals surface area contributed by atoms with Gasteiger partial charge in [-0.05, 0) is 32.8 Å². The minimum atomic E-state index is 0.188. The standard InChI is InChI=1S/C18H28N4O/c1-13(2)22(14-7-8-14)11-10-20-18(19)21-16-9-12-23-17-6-4-3-5-15(16)17/h3-6,13-14,16H,7-12H2,1-2H3,(H3,19,20,21). The molecule has 0 saturated heterocycles. The molecule has 1 aliphatic carbocycles. The van der Waals surface area contributed by atoms with Crippen molar-refractivity contribution in [3.8, 4) is 5.75 Å². The quantitative estimate of drug-likeness (QED) is 0.624. The van der Waals surface area contributed by atoms with E-state index >= 15 is 0 Å². The Morgan fingerprint density at radius 3 is 2.87 bits per heavy atom. The van der Waals surface area contributed by atoms with Crippen molar-refractivity contribution >= 4 is 5.96 Å². The van der Waals surface area contributed by atoms with E-state index in [9.17, 15) is 0 Å². The highest BCUT2D eigenvalue weighted by Gasteiger charge is 2.30. The zero-order chi connectivity index (χ0) is 16.2. The van der Waals surface area contributed by atoms with Crippen molar-refractivity contribution in [2.24, 2.45) is 10.7 Å². The number of hydrogen-bond acceptors (Lipinski definition) is 3. The summed E-state index contributed by atoms with van der Waals surface area (Å²) in [5, 5.41) is 3.35. The van der Waals surface area contributed by atoms with Crippen LogP contribution in [0.2, 0.25) is 0 Å². The largest absolute Gasteiger partial charge is 0.493 e. The molecular weight excluding hydrogens is 288 g/mol. The number of nitrogens with zero attached hydrogens (tertiary/aromatic N) is 2. The summed E-state index contributed by atoms with van der Waals surface area (Å²) in [6.45, 7) is 6.95. The number of fused-ring (bicyclic) bond motifs is 1. The Morgan fingerprint density at radius 1 is 1.35 bits per heavy atom. The third-order valence-corrected chi connectivity index (χ3v) is 4.60. The maximum atomic E-state index is 6.10. The van der Waals surface area contributed by atoms with Crippen LogP contribution in [-0.4, -0.2) is 42.6 Å². The SMILES string of the molecule is CC(C)N(CCN=C(N)NC1CCOc2ccccc21)C1CC1. The topological polar surface area (TPSA) is 62.9 Å². The van der Waals surface area contributed by atoms with Gasteiger partial charge in [-0.1, -0.05) is 18.2 Å². The molecular formula is C18H28N4O. The van der Waals surface area contributed by atoms with Crippen LogP contribution in [0, 0.1) is 0 Å². The highest BCUT2D eigenvalue weighted by molar-refractivity contribution is 5.78. The van der Waals surface area contributed by atoms with Gasteiger partial charge in [0.1, 0.15) is 5.75 Å². The molecule has 1 atom stereocenters. The van der Waals surface area contributed by atoms with Crippen LogP contribution in [0.15, 0.2) is 29.3 Å². The zero-order valence-corrected chi connectivity index (χ0v) is 14.2. The fraction of sp³-hybridized carbons (Fsp3) is 0.611. The van der Waals surface area contributed by atoms with Gasteiger partial charge in [-0.3, -0.25) is 9.89 Å². The average molecular weight is 316 g/mol. The molecule has 0 radical (unpaired) electrons. The van der Waals surface area contributed by atoms with Crippen molar-refractivity contribution in [2.45, 2.75) is 51.2 Å². The van der Waals surface area contributed by atoms with E-state index in [2.05, 4.69) is 35.1 Å². The maximum Gasteiger partial charge on any atom is 0.189 e. The molecule has 1 aromatic carbocycles. The van der Waals surface area contributed by atoms with E-state index in [1.807, 2.05) is 18.2 Å². The van der Waals surface area contributed by atoms with Gasteiger partial charge in [0.2, 0.25) is 0 Å². The lowest BCUT2D eigenvalue weighted by Gasteiger charge is -2.27. The third-order valence-electron chi connectivity index (χ3n) is 4.60. The summed E-state index contributed by atoms with van der Waals surface area (Å²) in [5.74, 6) is 1.48. The first-order chi connectivity index (χ1) is 11.1. The molecule has 3 N–H and O–H groups in total. The number of hydrogen-bond donors (Lipinski definition) is 2. The van der Waals surface area contributed by atoms with Crippen LogP contribution in [0.25, 0.3) is 0 Å². The number of rotatable bonds is 6. The summed E-state index contributed by atoms with van der Waals surface area (Å²) in [6.07, 6.45) is 3.57. The number of ether oxygens (including phenoxy) is 1. The second-order valence-electron chi connectivity index (χ2n) is 6.70. The first-order valence-electron chi connectivity index (χ1n) is 8.69. The molecule has 0 amide bonds. The summed E-state index contributed by atoms with van der Waals surface area (Å²) >= 11 is 0. The molecule has 5 nitrogen and oxygen atoms in total. The van der Waals surface area contributed by atoms with Gasteiger partial charge < -0.3 is 15.8 Å². The summed E-state index contributed by atoms with van der Waals surface area (Å²) in [7, 11) is 0. The van der Waals surface area contributed by atoms with E-state index in [0.29, 0.717) is 18.6 Å². The number of nitrogens with one attached hydrogen (secondary N) is 1. The van der Waals surface area contributed by atoms with Crippen LogP contribution in [0.4, 0.5) is 0 Å². The fourth-order valence-electron chi connectivity index (χ4n) is 3.27. The molecule has 3 rings (SSSR count). The summed E-state index contributed by atoms with van der Waals surface area (Å²) in [4.78, 5) is 7.05. The predicted octanol–water partition coefficient (Wildman–Crippen LogP) is 2.29. The number of guanidine groups is 1. The van der Waals surface area contributed by atoms with Crippen molar-refractivity contribution in [3.05, 3.63) is 29.8 Å². The van der Waals surface area contributed by atoms with Crippen LogP contribution in [0.1, 0.15) is 44.7 Å². The van der Waals surface area contributed by atoms with Gasteiger partial charge in [-0.15, -0.1) is 0 Å². The lowest BCUT2D eigenvalue weighted by Crippen LogP contribution is -2.39. The van der Waals surface area contributed by atoms with Crippen LogP contribution in [0.3, 0.4) is 0 Å². The van der Waals surface area contributed by atoms with E-state index < -0.39 is 0 Å². The molecule has 0 aromatic heterocycles. The van der Waals surface area contributed by atoms with Crippen LogP contribution >= 0.6 is 0 Å². The number of para-hydroxylation sites is 1. The molecule has 1 fully saturated rings. The Morgan fingerprint density at radius 2 is 2.13 bits per heavy atom. The van der Waals surface area contributed by atoms with Gasteiger partial charge in [0, 0.05) is 30.6 Å². The van der Waals surface area contributed by atoms with Gasteiger partial charge >= 0.3 is 0 Å².